The molecule has 0 aliphatic carbocycles. The van der Waals surface area contributed by atoms with Crippen LogP contribution in [0.5, 0.6) is 0 Å². The fourth-order valence-corrected chi connectivity index (χ4v) is 3.08. The van der Waals surface area contributed by atoms with E-state index in [0.29, 0.717) is 11.2 Å². The maximum atomic E-state index is 12.7. The number of para-hydroxylation sites is 1. The van der Waals surface area contributed by atoms with Crippen LogP contribution in [-0.2, 0) is 6.42 Å². The van der Waals surface area contributed by atoms with Crippen LogP contribution < -0.4 is 5.32 Å². The van der Waals surface area contributed by atoms with Gasteiger partial charge in [-0.3, -0.25) is 4.79 Å². The first kappa shape index (κ1) is 16.9. The lowest BCUT2D eigenvalue weighted by molar-refractivity contribution is 0.102. The Bertz CT molecular complexity index is 1120. The summed E-state index contributed by atoms with van der Waals surface area (Å²) < 4.78 is 1.66. The van der Waals surface area contributed by atoms with E-state index in [2.05, 4.69) is 27.5 Å². The second-order valence-corrected chi connectivity index (χ2v) is 6.31. The highest BCUT2D eigenvalue weighted by Crippen LogP contribution is 2.22. The number of fused-ring (bicyclic) bond motifs is 1. The number of carbonyl (C=O) groups is 1. The van der Waals surface area contributed by atoms with Gasteiger partial charge in [-0.2, -0.15) is 4.68 Å². The zero-order valence-corrected chi connectivity index (χ0v) is 15.2. The molecule has 0 spiro atoms. The normalized spacial score (nSPS) is 10.9. The molecule has 0 aliphatic heterocycles. The molecule has 0 radical (unpaired) electrons. The van der Waals surface area contributed by atoms with E-state index in [4.69, 9.17) is 0 Å². The number of hydrogen-bond donors (Lipinski definition) is 1. The number of pyridine rings is 1. The summed E-state index contributed by atoms with van der Waals surface area (Å²) >= 11 is 0. The van der Waals surface area contributed by atoms with Crippen molar-refractivity contribution in [1.29, 1.82) is 0 Å². The van der Waals surface area contributed by atoms with Crippen molar-refractivity contribution in [2.24, 2.45) is 0 Å². The zero-order valence-electron chi connectivity index (χ0n) is 15.2. The molecular formula is C21H19N5O. The van der Waals surface area contributed by atoms with Crippen molar-refractivity contribution < 1.29 is 4.79 Å². The second-order valence-electron chi connectivity index (χ2n) is 6.31. The Morgan fingerprint density at radius 2 is 1.89 bits per heavy atom. The molecule has 0 atom stereocenters. The maximum Gasteiger partial charge on any atom is 0.255 e. The molecule has 0 saturated heterocycles. The van der Waals surface area contributed by atoms with E-state index in [1.165, 1.54) is 0 Å². The Labute approximate surface area is 156 Å². The lowest BCUT2D eigenvalue weighted by Gasteiger charge is -2.13. The molecule has 6 heteroatoms. The average molecular weight is 357 g/mol. The molecule has 4 rings (SSSR count). The highest BCUT2D eigenvalue weighted by molar-refractivity contribution is 6.05. The molecule has 4 aromatic rings. The number of anilines is 1. The Kier molecular flexibility index (Phi) is 4.38. The molecule has 134 valence electrons. The molecular weight excluding hydrogens is 338 g/mol. The van der Waals surface area contributed by atoms with E-state index in [1.54, 1.807) is 23.0 Å². The van der Waals surface area contributed by atoms with E-state index in [9.17, 15) is 4.79 Å². The molecule has 6 nitrogen and oxygen atoms in total. The van der Waals surface area contributed by atoms with Crippen molar-refractivity contribution in [1.82, 2.24) is 20.0 Å². The lowest BCUT2D eigenvalue weighted by atomic mass is 10.1. The third kappa shape index (κ3) is 3.17. The van der Waals surface area contributed by atoms with Crippen molar-refractivity contribution in [2.45, 2.75) is 20.3 Å². The monoisotopic (exact) mass is 357 g/mol. The van der Waals surface area contributed by atoms with Crippen molar-refractivity contribution in [3.05, 3.63) is 77.5 Å². The number of hydrogen-bond acceptors (Lipinski definition) is 4. The largest absolute Gasteiger partial charge is 0.321 e. The summed E-state index contributed by atoms with van der Waals surface area (Å²) in [7, 11) is 0. The van der Waals surface area contributed by atoms with Crippen LogP contribution in [0, 0.1) is 6.92 Å². The van der Waals surface area contributed by atoms with Crippen molar-refractivity contribution >= 4 is 22.8 Å². The first-order valence-electron chi connectivity index (χ1n) is 8.84. The number of aryl methyl sites for hydroxylation is 2. The maximum absolute atomic E-state index is 12.7. The zero-order chi connectivity index (χ0) is 18.8. The van der Waals surface area contributed by atoms with Gasteiger partial charge in [0, 0.05) is 17.4 Å². The Morgan fingerprint density at radius 3 is 2.67 bits per heavy atom. The van der Waals surface area contributed by atoms with Gasteiger partial charge in [-0.1, -0.05) is 30.3 Å². The first-order valence-corrected chi connectivity index (χ1v) is 8.84. The summed E-state index contributed by atoms with van der Waals surface area (Å²) in [5.74, 6) is -0.132. The van der Waals surface area contributed by atoms with Crippen LogP contribution in [-0.4, -0.2) is 25.9 Å². The average Bonchev–Trinajstić information content (AvgIpc) is 3.13. The van der Waals surface area contributed by atoms with Crippen molar-refractivity contribution in [3.8, 4) is 5.69 Å². The molecule has 0 saturated carbocycles. The van der Waals surface area contributed by atoms with Gasteiger partial charge in [-0.05, 0) is 60.9 Å². The standard InChI is InChI=1S/C21H19N5O/c1-3-15-7-4-6-14(2)19(15)23-21(27)16-9-11-17(12-10-16)26-20-18(24-25-26)8-5-13-22-20/h4-13H,3H2,1-2H3,(H,23,27). The van der Waals surface area contributed by atoms with Crippen LogP contribution in [0.25, 0.3) is 16.9 Å². The van der Waals surface area contributed by atoms with Crippen LogP contribution >= 0.6 is 0 Å². The summed E-state index contributed by atoms with van der Waals surface area (Å²) in [6.07, 6.45) is 2.57. The summed E-state index contributed by atoms with van der Waals surface area (Å²) in [5, 5.41) is 11.3. The first-order chi connectivity index (χ1) is 13.2. The number of amides is 1. The minimum atomic E-state index is -0.132. The molecule has 0 fully saturated rings. The van der Waals surface area contributed by atoms with Gasteiger partial charge in [0.25, 0.3) is 5.91 Å². The fraction of sp³-hybridized carbons (Fsp3) is 0.143. The lowest BCUT2D eigenvalue weighted by Crippen LogP contribution is -2.14. The summed E-state index contributed by atoms with van der Waals surface area (Å²) in [6.45, 7) is 4.08. The van der Waals surface area contributed by atoms with Crippen molar-refractivity contribution in [3.63, 3.8) is 0 Å². The van der Waals surface area contributed by atoms with Gasteiger partial charge in [0.1, 0.15) is 5.52 Å². The Hall–Kier alpha value is -3.54. The van der Waals surface area contributed by atoms with Crippen LogP contribution in [0.3, 0.4) is 0 Å². The van der Waals surface area contributed by atoms with E-state index < -0.39 is 0 Å². The highest BCUT2D eigenvalue weighted by atomic mass is 16.1. The number of nitrogens with one attached hydrogen (secondary N) is 1. The van der Waals surface area contributed by atoms with Gasteiger partial charge < -0.3 is 5.32 Å². The van der Waals surface area contributed by atoms with Gasteiger partial charge >= 0.3 is 0 Å². The fourth-order valence-electron chi connectivity index (χ4n) is 3.08. The Morgan fingerprint density at radius 1 is 1.07 bits per heavy atom. The van der Waals surface area contributed by atoms with Crippen molar-refractivity contribution in [2.75, 3.05) is 5.32 Å². The SMILES string of the molecule is CCc1cccc(C)c1NC(=O)c1ccc(-n2nnc3cccnc32)cc1. The van der Waals surface area contributed by atoms with Gasteiger partial charge in [0.2, 0.25) is 0 Å². The van der Waals surface area contributed by atoms with Gasteiger partial charge in [0.05, 0.1) is 5.69 Å². The molecule has 2 aromatic heterocycles. The van der Waals surface area contributed by atoms with E-state index in [1.807, 2.05) is 49.4 Å². The van der Waals surface area contributed by atoms with Gasteiger partial charge in [-0.15, -0.1) is 5.10 Å². The number of benzene rings is 2. The molecule has 2 aromatic carbocycles. The number of nitrogens with zero attached hydrogens (tertiary/aromatic N) is 4. The van der Waals surface area contributed by atoms with Gasteiger partial charge in [0.15, 0.2) is 5.65 Å². The summed E-state index contributed by atoms with van der Waals surface area (Å²) in [4.78, 5) is 17.0. The smallest absolute Gasteiger partial charge is 0.255 e. The minimum Gasteiger partial charge on any atom is -0.321 e. The minimum absolute atomic E-state index is 0.132. The van der Waals surface area contributed by atoms with Crippen LogP contribution in [0.1, 0.15) is 28.4 Å². The highest BCUT2D eigenvalue weighted by Gasteiger charge is 2.12. The molecule has 27 heavy (non-hydrogen) atoms. The van der Waals surface area contributed by atoms with Gasteiger partial charge in [-0.25, -0.2) is 4.98 Å². The third-order valence-corrected chi connectivity index (χ3v) is 4.56. The van der Waals surface area contributed by atoms with Crippen LogP contribution in [0.15, 0.2) is 60.8 Å². The predicted molar refractivity (Wildman–Crippen MR) is 105 cm³/mol. The molecule has 2 heterocycles. The van der Waals surface area contributed by atoms with E-state index >= 15 is 0 Å². The molecule has 0 aliphatic rings. The third-order valence-electron chi connectivity index (χ3n) is 4.56. The molecule has 0 bridgehead atoms. The van der Waals surface area contributed by atoms with E-state index in [0.717, 1.165) is 34.4 Å². The number of rotatable bonds is 4. The van der Waals surface area contributed by atoms with E-state index in [-0.39, 0.29) is 5.91 Å². The van der Waals surface area contributed by atoms with Crippen LogP contribution in [0.2, 0.25) is 0 Å². The quantitative estimate of drug-likeness (QED) is 0.600. The molecule has 1 N–H and O–H groups in total. The molecule has 0 unspecified atom stereocenters. The summed E-state index contributed by atoms with van der Waals surface area (Å²) in [5.41, 5.74) is 5.87. The topological polar surface area (TPSA) is 72.7 Å². The summed E-state index contributed by atoms with van der Waals surface area (Å²) in [6, 6.07) is 17.0. The number of carbonyl (C=O) groups excluding carboxylic acids is 1. The second kappa shape index (κ2) is 6.99. The Balaban J connectivity index is 1.60. The predicted octanol–water partition coefficient (Wildman–Crippen LogP) is 3.94. The van der Waals surface area contributed by atoms with Crippen LogP contribution in [0.4, 0.5) is 5.69 Å². The number of aromatic nitrogens is 4. The molecule has 1 amide bonds.